The highest BCUT2D eigenvalue weighted by Crippen LogP contribution is 2.44. The number of nitrogens with zero attached hydrogens (tertiary/aromatic N) is 3. The molecule has 2 aromatic heterocycles. The first-order chi connectivity index (χ1) is 15.2. The number of fused-ring (bicyclic) bond motifs is 4. The maximum atomic E-state index is 12.1. The van der Waals surface area contributed by atoms with Gasteiger partial charge in [-0.25, -0.2) is 4.98 Å². The van der Waals surface area contributed by atoms with Gasteiger partial charge in [-0.3, -0.25) is 9.78 Å². The van der Waals surface area contributed by atoms with Crippen LogP contribution in [0.1, 0.15) is 36.7 Å². The van der Waals surface area contributed by atoms with Gasteiger partial charge in [-0.1, -0.05) is 18.2 Å². The second kappa shape index (κ2) is 7.08. The van der Waals surface area contributed by atoms with Crippen LogP contribution in [-0.2, 0) is 11.3 Å². The Morgan fingerprint density at radius 2 is 2.00 bits per heavy atom. The molecule has 6 heteroatoms. The fraction of sp³-hybridized carbons (Fsp3) is 0.320. The van der Waals surface area contributed by atoms with Crippen LogP contribution in [0.3, 0.4) is 0 Å². The summed E-state index contributed by atoms with van der Waals surface area (Å²) in [5.41, 5.74) is 4.76. The molecule has 156 valence electrons. The van der Waals surface area contributed by atoms with Gasteiger partial charge in [-0.2, -0.15) is 0 Å². The minimum Gasteiger partial charge on any atom is -0.454 e. The van der Waals surface area contributed by atoms with E-state index in [1.165, 1.54) is 0 Å². The molecule has 6 nitrogen and oxygen atoms in total. The Morgan fingerprint density at radius 3 is 2.90 bits per heavy atom. The quantitative estimate of drug-likeness (QED) is 0.571. The number of ether oxygens (including phenoxy) is 2. The molecule has 0 N–H and O–H groups in total. The number of hydrogen-bond donors (Lipinski definition) is 0. The van der Waals surface area contributed by atoms with Crippen molar-refractivity contribution < 1.29 is 14.3 Å². The van der Waals surface area contributed by atoms with Crippen LogP contribution >= 0.6 is 0 Å². The number of aryl methyl sites for hydroxylation is 1. The molecule has 1 saturated carbocycles. The average Bonchev–Trinajstić information content (AvgIpc) is 3.34. The predicted octanol–water partition coefficient (Wildman–Crippen LogP) is 4.67. The fourth-order valence-corrected chi connectivity index (χ4v) is 5.03. The van der Waals surface area contributed by atoms with Gasteiger partial charge >= 0.3 is 0 Å². The summed E-state index contributed by atoms with van der Waals surface area (Å²) in [6.07, 6.45) is 6.46. The fourth-order valence-electron chi connectivity index (χ4n) is 5.03. The van der Waals surface area contributed by atoms with Crippen LogP contribution in [0.25, 0.3) is 22.6 Å². The summed E-state index contributed by atoms with van der Waals surface area (Å²) in [6, 6.07) is 12.1. The molecule has 1 aliphatic carbocycles. The Kier molecular flexibility index (Phi) is 4.19. The first-order valence-corrected chi connectivity index (χ1v) is 10.8. The van der Waals surface area contributed by atoms with Crippen molar-refractivity contribution in [2.75, 3.05) is 6.79 Å². The predicted molar refractivity (Wildman–Crippen MR) is 116 cm³/mol. The monoisotopic (exact) mass is 413 g/mol. The normalized spacial score (nSPS) is 21.5. The van der Waals surface area contributed by atoms with E-state index in [-0.39, 0.29) is 18.6 Å². The molecule has 3 aliphatic rings. The van der Waals surface area contributed by atoms with Gasteiger partial charge < -0.3 is 14.0 Å². The Hall–Kier alpha value is -3.41. The van der Waals surface area contributed by atoms with Crippen LogP contribution in [-0.4, -0.2) is 27.1 Å². The lowest BCUT2D eigenvalue weighted by Crippen LogP contribution is -2.23. The van der Waals surface area contributed by atoms with E-state index in [1.54, 1.807) is 0 Å². The molecule has 0 saturated heterocycles. The number of Topliss-reactive ketones (excluding diaryl/α,β-unsaturated/α-hetero) is 1. The molecule has 2 aliphatic heterocycles. The first kappa shape index (κ1) is 18.4. The van der Waals surface area contributed by atoms with Gasteiger partial charge in [0.05, 0.1) is 11.4 Å². The maximum absolute atomic E-state index is 12.1. The van der Waals surface area contributed by atoms with E-state index in [2.05, 4.69) is 22.8 Å². The van der Waals surface area contributed by atoms with Crippen molar-refractivity contribution in [3.63, 3.8) is 0 Å². The van der Waals surface area contributed by atoms with Gasteiger partial charge in [-0.05, 0) is 49.6 Å². The molecule has 1 aromatic carbocycles. The van der Waals surface area contributed by atoms with Gasteiger partial charge in [-0.15, -0.1) is 0 Å². The summed E-state index contributed by atoms with van der Waals surface area (Å²) in [5, 5.41) is 0. The second-order valence-electron chi connectivity index (χ2n) is 8.49. The van der Waals surface area contributed by atoms with Gasteiger partial charge in [0.25, 0.3) is 0 Å². The highest BCUT2D eigenvalue weighted by atomic mass is 16.7. The highest BCUT2D eigenvalue weighted by Gasteiger charge is 2.35. The molecular weight excluding hydrogens is 390 g/mol. The molecule has 1 fully saturated rings. The molecule has 6 rings (SSSR count). The molecular formula is C25H23N3O3. The number of allylic oxidation sites excluding steroid dienone is 2. The number of ketones is 1. The van der Waals surface area contributed by atoms with Crippen molar-refractivity contribution in [1.29, 1.82) is 0 Å². The minimum absolute atomic E-state index is 0.216. The third-order valence-corrected chi connectivity index (χ3v) is 6.49. The molecule has 0 bridgehead atoms. The zero-order valence-corrected chi connectivity index (χ0v) is 17.4. The Morgan fingerprint density at radius 1 is 1.10 bits per heavy atom. The standard InChI is InChI=1S/C25H23N3O3/c1-15-4-2-6-20(26-15)23-24(17-7-10-21-22(13-17)31-14-30-21)28-11-3-5-16-12-18(29)8-9-19(16)25(28)27-23/h2-7,10,13,16,19H,8-9,11-12,14H2,1H3/t16-,19?/m0/s1. The molecule has 0 spiro atoms. The zero-order valence-electron chi connectivity index (χ0n) is 17.4. The van der Waals surface area contributed by atoms with E-state index < -0.39 is 0 Å². The summed E-state index contributed by atoms with van der Waals surface area (Å²) in [5.74, 6) is 3.37. The summed E-state index contributed by atoms with van der Waals surface area (Å²) < 4.78 is 13.5. The van der Waals surface area contributed by atoms with Crippen LogP contribution in [0.5, 0.6) is 11.5 Å². The van der Waals surface area contributed by atoms with E-state index >= 15 is 0 Å². The number of carbonyl (C=O) groups is 1. The topological polar surface area (TPSA) is 66.2 Å². The lowest BCUT2D eigenvalue weighted by Gasteiger charge is -2.27. The number of carbonyl (C=O) groups excluding carboxylic acids is 1. The van der Waals surface area contributed by atoms with Crippen LogP contribution in [0.15, 0.2) is 48.6 Å². The van der Waals surface area contributed by atoms with Gasteiger partial charge in [0.2, 0.25) is 6.79 Å². The maximum Gasteiger partial charge on any atom is 0.231 e. The van der Waals surface area contributed by atoms with Crippen LogP contribution in [0.4, 0.5) is 0 Å². The number of imidazole rings is 1. The summed E-state index contributed by atoms with van der Waals surface area (Å²) in [7, 11) is 0. The third kappa shape index (κ3) is 3.05. The average molecular weight is 413 g/mol. The number of pyridine rings is 1. The molecule has 0 amide bonds. The summed E-state index contributed by atoms with van der Waals surface area (Å²) in [6.45, 7) is 2.96. The van der Waals surface area contributed by atoms with Crippen LogP contribution in [0.2, 0.25) is 0 Å². The second-order valence-corrected chi connectivity index (χ2v) is 8.49. The van der Waals surface area contributed by atoms with Gasteiger partial charge in [0.1, 0.15) is 17.3 Å². The largest absolute Gasteiger partial charge is 0.454 e. The molecule has 31 heavy (non-hydrogen) atoms. The number of rotatable bonds is 2. The summed E-state index contributed by atoms with van der Waals surface area (Å²) >= 11 is 0. The molecule has 1 unspecified atom stereocenters. The van der Waals surface area contributed by atoms with Crippen molar-refractivity contribution in [3.8, 4) is 34.1 Å². The SMILES string of the molecule is Cc1cccc(-c2nc3n(c2-c2ccc4c(c2)OCO4)CC=C[C@H]2CC(=O)CCC32)n1. The lowest BCUT2D eigenvalue weighted by atomic mass is 9.78. The van der Waals surface area contributed by atoms with E-state index in [1.807, 2.05) is 37.3 Å². The molecule has 4 heterocycles. The van der Waals surface area contributed by atoms with Crippen LogP contribution < -0.4 is 9.47 Å². The van der Waals surface area contributed by atoms with Crippen molar-refractivity contribution in [2.45, 2.75) is 38.6 Å². The van der Waals surface area contributed by atoms with E-state index in [9.17, 15) is 4.79 Å². The van der Waals surface area contributed by atoms with Crippen molar-refractivity contribution >= 4 is 5.78 Å². The van der Waals surface area contributed by atoms with Crippen molar-refractivity contribution in [1.82, 2.24) is 14.5 Å². The summed E-state index contributed by atoms with van der Waals surface area (Å²) in [4.78, 5) is 22.1. The molecule has 0 radical (unpaired) electrons. The highest BCUT2D eigenvalue weighted by molar-refractivity contribution is 5.81. The van der Waals surface area contributed by atoms with Gasteiger partial charge in [0.15, 0.2) is 11.5 Å². The number of benzene rings is 1. The van der Waals surface area contributed by atoms with E-state index in [4.69, 9.17) is 19.4 Å². The van der Waals surface area contributed by atoms with Crippen molar-refractivity contribution in [2.24, 2.45) is 5.92 Å². The number of hydrogen-bond acceptors (Lipinski definition) is 5. The number of aromatic nitrogens is 3. The Labute approximate surface area is 180 Å². The van der Waals surface area contributed by atoms with Crippen molar-refractivity contribution in [3.05, 3.63) is 60.1 Å². The van der Waals surface area contributed by atoms with E-state index in [0.29, 0.717) is 18.6 Å². The lowest BCUT2D eigenvalue weighted by molar-refractivity contribution is -0.121. The van der Waals surface area contributed by atoms with Gasteiger partial charge in [0, 0.05) is 36.6 Å². The Bertz CT molecular complexity index is 1230. The molecule has 2 atom stereocenters. The van der Waals surface area contributed by atoms with Crippen LogP contribution in [0, 0.1) is 12.8 Å². The first-order valence-electron chi connectivity index (χ1n) is 10.8. The van der Waals surface area contributed by atoms with E-state index in [0.717, 1.165) is 58.6 Å². The zero-order chi connectivity index (χ0) is 20.9. The minimum atomic E-state index is 0.216. The molecule has 3 aromatic rings. The smallest absolute Gasteiger partial charge is 0.231 e. The Balaban J connectivity index is 1.57. The third-order valence-electron chi connectivity index (χ3n) is 6.49.